The van der Waals surface area contributed by atoms with E-state index in [4.69, 9.17) is 4.74 Å². The summed E-state index contributed by atoms with van der Waals surface area (Å²) in [6, 6.07) is 4.03. The van der Waals surface area contributed by atoms with Crippen molar-refractivity contribution in [3.05, 3.63) is 24.0 Å². The van der Waals surface area contributed by atoms with Gasteiger partial charge in [0.2, 0.25) is 5.91 Å². The molecule has 0 radical (unpaired) electrons. The van der Waals surface area contributed by atoms with Crippen molar-refractivity contribution in [3.8, 4) is 5.75 Å². The number of anilines is 1. The molecule has 1 amide bonds. The van der Waals surface area contributed by atoms with Crippen LogP contribution in [-0.2, 0) is 4.79 Å². The lowest BCUT2D eigenvalue weighted by Gasteiger charge is -2.20. The van der Waals surface area contributed by atoms with Crippen LogP contribution in [0.4, 0.5) is 10.1 Å². The first-order valence-electron chi connectivity index (χ1n) is 6.92. The largest absolute Gasteiger partial charge is 0.497 e. The first-order chi connectivity index (χ1) is 9.51. The Morgan fingerprint density at radius 2 is 2.00 bits per heavy atom. The standard InChI is InChI=1S/C15H23FN2O2/c1-5-11(6-2)18-15(19)10(3)17-14-9-12(20-4)7-8-13(14)16/h7-11,17H,5-6H2,1-4H3,(H,18,19). The van der Waals surface area contributed by atoms with Crippen molar-refractivity contribution >= 4 is 11.6 Å². The predicted octanol–water partition coefficient (Wildman–Crippen LogP) is 2.94. The maximum absolute atomic E-state index is 13.7. The van der Waals surface area contributed by atoms with Crippen molar-refractivity contribution in [3.63, 3.8) is 0 Å². The molecule has 1 rings (SSSR count). The lowest BCUT2D eigenvalue weighted by atomic mass is 10.1. The van der Waals surface area contributed by atoms with Gasteiger partial charge < -0.3 is 15.4 Å². The molecule has 1 aromatic rings. The summed E-state index contributed by atoms with van der Waals surface area (Å²) in [6.07, 6.45) is 1.75. The highest BCUT2D eigenvalue weighted by Crippen LogP contribution is 2.21. The van der Waals surface area contributed by atoms with Gasteiger partial charge in [0.15, 0.2) is 0 Å². The van der Waals surface area contributed by atoms with Gasteiger partial charge >= 0.3 is 0 Å². The van der Waals surface area contributed by atoms with Gasteiger partial charge in [0.05, 0.1) is 12.8 Å². The minimum Gasteiger partial charge on any atom is -0.497 e. The first-order valence-corrected chi connectivity index (χ1v) is 6.92. The molecule has 0 fully saturated rings. The molecule has 0 heterocycles. The van der Waals surface area contributed by atoms with Crippen LogP contribution in [-0.4, -0.2) is 25.1 Å². The van der Waals surface area contributed by atoms with Crippen LogP contribution in [0.3, 0.4) is 0 Å². The molecule has 1 atom stereocenters. The number of rotatable bonds is 7. The van der Waals surface area contributed by atoms with Crippen LogP contribution in [0.25, 0.3) is 0 Å². The second-order valence-corrected chi connectivity index (χ2v) is 4.73. The normalized spacial score (nSPS) is 12.1. The maximum Gasteiger partial charge on any atom is 0.242 e. The average Bonchev–Trinajstić information content (AvgIpc) is 2.46. The van der Waals surface area contributed by atoms with Gasteiger partial charge in [-0.05, 0) is 31.9 Å². The quantitative estimate of drug-likeness (QED) is 0.808. The van der Waals surface area contributed by atoms with Crippen LogP contribution in [0.2, 0.25) is 0 Å². The number of halogens is 1. The number of hydrogen-bond donors (Lipinski definition) is 2. The Hall–Kier alpha value is -1.78. The smallest absolute Gasteiger partial charge is 0.242 e. The molecule has 5 heteroatoms. The van der Waals surface area contributed by atoms with Crippen LogP contribution < -0.4 is 15.4 Å². The summed E-state index contributed by atoms with van der Waals surface area (Å²) in [6.45, 7) is 5.75. The van der Waals surface area contributed by atoms with E-state index in [1.165, 1.54) is 25.3 Å². The molecule has 0 saturated carbocycles. The van der Waals surface area contributed by atoms with Crippen molar-refractivity contribution in [1.29, 1.82) is 0 Å². The monoisotopic (exact) mass is 282 g/mol. The average molecular weight is 282 g/mol. The van der Waals surface area contributed by atoms with Crippen LogP contribution in [0.5, 0.6) is 5.75 Å². The minimum atomic E-state index is -0.516. The fourth-order valence-electron chi connectivity index (χ4n) is 1.86. The molecule has 2 N–H and O–H groups in total. The first kappa shape index (κ1) is 16.3. The Morgan fingerprint density at radius 3 is 2.55 bits per heavy atom. The van der Waals surface area contributed by atoms with Crippen LogP contribution >= 0.6 is 0 Å². The molecule has 0 aromatic heterocycles. The van der Waals surface area contributed by atoms with Crippen LogP contribution in [0.15, 0.2) is 18.2 Å². The van der Waals surface area contributed by atoms with E-state index < -0.39 is 11.9 Å². The lowest BCUT2D eigenvalue weighted by molar-refractivity contribution is -0.122. The summed E-state index contributed by atoms with van der Waals surface area (Å²) < 4.78 is 18.7. The molecule has 0 bridgehead atoms. The van der Waals surface area contributed by atoms with Gasteiger partial charge in [-0.15, -0.1) is 0 Å². The molecule has 1 unspecified atom stereocenters. The van der Waals surface area contributed by atoms with E-state index in [9.17, 15) is 9.18 Å². The summed E-state index contributed by atoms with van der Waals surface area (Å²) in [5.74, 6) is -0.00426. The third-order valence-corrected chi connectivity index (χ3v) is 3.27. The SMILES string of the molecule is CCC(CC)NC(=O)C(C)Nc1cc(OC)ccc1F. The number of hydrogen-bond acceptors (Lipinski definition) is 3. The summed E-state index contributed by atoms with van der Waals surface area (Å²) in [5, 5.41) is 5.80. The molecule has 0 aliphatic carbocycles. The number of carbonyl (C=O) groups is 1. The Bertz CT molecular complexity index is 447. The van der Waals surface area contributed by atoms with Gasteiger partial charge in [0, 0.05) is 12.1 Å². The molecule has 0 aliphatic rings. The van der Waals surface area contributed by atoms with Crippen LogP contribution in [0.1, 0.15) is 33.6 Å². The second-order valence-electron chi connectivity index (χ2n) is 4.73. The Balaban J connectivity index is 2.70. The molecule has 20 heavy (non-hydrogen) atoms. The number of carbonyl (C=O) groups excluding carboxylic acids is 1. The van der Waals surface area contributed by atoms with E-state index in [2.05, 4.69) is 10.6 Å². The van der Waals surface area contributed by atoms with Crippen molar-refractivity contribution < 1.29 is 13.9 Å². The number of amides is 1. The lowest BCUT2D eigenvalue weighted by Crippen LogP contribution is -2.42. The van der Waals surface area contributed by atoms with E-state index in [0.29, 0.717) is 5.75 Å². The van der Waals surface area contributed by atoms with E-state index >= 15 is 0 Å². The molecule has 0 aliphatic heterocycles. The zero-order valence-electron chi connectivity index (χ0n) is 12.5. The number of ether oxygens (including phenoxy) is 1. The fourth-order valence-corrected chi connectivity index (χ4v) is 1.86. The highest BCUT2D eigenvalue weighted by molar-refractivity contribution is 5.84. The van der Waals surface area contributed by atoms with Gasteiger partial charge in [0.25, 0.3) is 0 Å². The molecule has 0 saturated heterocycles. The van der Waals surface area contributed by atoms with E-state index in [-0.39, 0.29) is 17.6 Å². The minimum absolute atomic E-state index is 0.138. The van der Waals surface area contributed by atoms with E-state index in [0.717, 1.165) is 12.8 Å². The van der Waals surface area contributed by atoms with Crippen LogP contribution in [0, 0.1) is 5.82 Å². The Labute approximate surface area is 119 Å². The molecule has 0 spiro atoms. The molecule has 1 aromatic carbocycles. The second kappa shape index (κ2) is 7.72. The van der Waals surface area contributed by atoms with E-state index in [1.54, 1.807) is 6.92 Å². The van der Waals surface area contributed by atoms with Crippen molar-refractivity contribution in [1.82, 2.24) is 5.32 Å². The molecular formula is C15H23FN2O2. The Morgan fingerprint density at radius 1 is 1.35 bits per heavy atom. The van der Waals surface area contributed by atoms with Gasteiger partial charge in [0.1, 0.15) is 17.6 Å². The number of nitrogens with one attached hydrogen (secondary N) is 2. The third-order valence-electron chi connectivity index (χ3n) is 3.27. The topological polar surface area (TPSA) is 50.4 Å². The van der Waals surface area contributed by atoms with Gasteiger partial charge in [-0.2, -0.15) is 0 Å². The summed E-state index contributed by atoms with van der Waals surface area (Å²) >= 11 is 0. The van der Waals surface area contributed by atoms with Crippen molar-refractivity contribution in [2.75, 3.05) is 12.4 Å². The summed E-state index contributed by atoms with van der Waals surface area (Å²) in [7, 11) is 1.51. The number of methoxy groups -OCH3 is 1. The molecule has 112 valence electrons. The van der Waals surface area contributed by atoms with Crippen molar-refractivity contribution in [2.24, 2.45) is 0 Å². The predicted molar refractivity (Wildman–Crippen MR) is 78.5 cm³/mol. The van der Waals surface area contributed by atoms with Crippen molar-refractivity contribution in [2.45, 2.75) is 45.7 Å². The third kappa shape index (κ3) is 4.40. The molecular weight excluding hydrogens is 259 g/mol. The zero-order chi connectivity index (χ0) is 15.1. The highest BCUT2D eigenvalue weighted by Gasteiger charge is 2.17. The maximum atomic E-state index is 13.7. The van der Waals surface area contributed by atoms with Gasteiger partial charge in [-0.1, -0.05) is 13.8 Å². The number of benzene rings is 1. The summed E-state index contributed by atoms with van der Waals surface area (Å²) in [4.78, 5) is 12.0. The van der Waals surface area contributed by atoms with E-state index in [1.807, 2.05) is 13.8 Å². The molecule has 4 nitrogen and oxygen atoms in total. The highest BCUT2D eigenvalue weighted by atomic mass is 19.1. The summed E-state index contributed by atoms with van der Waals surface area (Å²) in [5.41, 5.74) is 0.261. The zero-order valence-corrected chi connectivity index (χ0v) is 12.5. The Kier molecular flexibility index (Phi) is 6.28. The fraction of sp³-hybridized carbons (Fsp3) is 0.533. The van der Waals surface area contributed by atoms with Gasteiger partial charge in [-0.25, -0.2) is 4.39 Å². The van der Waals surface area contributed by atoms with Gasteiger partial charge in [-0.3, -0.25) is 4.79 Å².